The molecule has 5 aromatic carbocycles. The van der Waals surface area contributed by atoms with E-state index in [-0.39, 0.29) is 21.9 Å². The maximum atomic E-state index is 16.2. The van der Waals surface area contributed by atoms with E-state index in [1.807, 2.05) is 6.07 Å². The van der Waals surface area contributed by atoms with Gasteiger partial charge in [0, 0.05) is 34.3 Å². The average Bonchev–Trinajstić information content (AvgIpc) is 3.08. The van der Waals surface area contributed by atoms with Crippen molar-refractivity contribution in [2.24, 2.45) is 0 Å². The number of hydrogen-bond acceptors (Lipinski definition) is 3. The molecule has 0 atom stereocenters. The molecule has 0 heterocycles. The molecule has 5 heteroatoms. The van der Waals surface area contributed by atoms with E-state index in [0.717, 1.165) is 100 Å². The molecule has 0 bridgehead atoms. The van der Waals surface area contributed by atoms with Crippen molar-refractivity contribution in [3.8, 4) is 22.3 Å². The predicted octanol–water partition coefficient (Wildman–Crippen LogP) is 10.9. The quantitative estimate of drug-likeness (QED) is 0.113. The molecule has 0 amide bonds. The number of rotatable bonds is 6. The lowest BCUT2D eigenvalue weighted by atomic mass is 9.87. The van der Waals surface area contributed by atoms with Crippen molar-refractivity contribution >= 4 is 39.7 Å². The third-order valence-corrected chi connectivity index (χ3v) is 14.4. The van der Waals surface area contributed by atoms with E-state index in [4.69, 9.17) is 0 Å². The highest BCUT2D eigenvalue weighted by Crippen LogP contribution is 2.63. The van der Waals surface area contributed by atoms with E-state index in [9.17, 15) is 10.1 Å². The first-order chi connectivity index (χ1) is 21.1. The largest absolute Gasteiger partial charge is 0.318 e. The number of non-ortho nitro benzene ring substituents is 1. The molecule has 0 spiro atoms. The summed E-state index contributed by atoms with van der Waals surface area (Å²) in [5.74, 6) is 0. The van der Waals surface area contributed by atoms with Crippen molar-refractivity contribution in [3.05, 3.63) is 107 Å². The zero-order valence-electron chi connectivity index (χ0n) is 24.6. The summed E-state index contributed by atoms with van der Waals surface area (Å²) >= 11 is 0. The average molecular weight is 588 g/mol. The normalized spacial score (nSPS) is 16.9. The monoisotopic (exact) mass is 587 g/mol. The second-order valence-corrected chi connectivity index (χ2v) is 15.9. The number of nitrogens with zero attached hydrogens (tertiary/aromatic N) is 1. The zero-order chi connectivity index (χ0) is 29.4. The molecule has 0 aromatic heterocycles. The van der Waals surface area contributed by atoms with E-state index >= 15 is 4.57 Å². The lowest BCUT2D eigenvalue weighted by Gasteiger charge is -2.40. The molecular weight excluding hydrogens is 549 g/mol. The van der Waals surface area contributed by atoms with Crippen LogP contribution in [0.5, 0.6) is 0 Å². The van der Waals surface area contributed by atoms with Gasteiger partial charge in [-0.05, 0) is 63.9 Å². The van der Waals surface area contributed by atoms with Crippen LogP contribution >= 0.6 is 7.14 Å². The van der Waals surface area contributed by atoms with Crippen molar-refractivity contribution in [2.45, 2.75) is 75.5 Å². The van der Waals surface area contributed by atoms with Crippen LogP contribution in [0.3, 0.4) is 0 Å². The van der Waals surface area contributed by atoms with Gasteiger partial charge in [-0.2, -0.15) is 0 Å². The van der Waals surface area contributed by atoms with Crippen molar-refractivity contribution in [1.82, 2.24) is 0 Å². The molecule has 4 nitrogen and oxygen atoms in total. The topological polar surface area (TPSA) is 60.2 Å². The molecule has 218 valence electrons. The Kier molecular flexibility index (Phi) is 7.65. The van der Waals surface area contributed by atoms with Crippen LogP contribution in [0, 0.1) is 10.1 Å². The molecule has 2 saturated carbocycles. The van der Waals surface area contributed by atoms with Gasteiger partial charge in [-0.3, -0.25) is 10.1 Å². The third-order valence-electron chi connectivity index (χ3n) is 10.1. The van der Waals surface area contributed by atoms with E-state index in [0.29, 0.717) is 0 Å². The summed E-state index contributed by atoms with van der Waals surface area (Å²) in [7, 11) is -2.85. The molecular formula is C38H38NO3P. The van der Waals surface area contributed by atoms with Gasteiger partial charge in [0.15, 0.2) is 0 Å². The van der Waals surface area contributed by atoms with Gasteiger partial charge in [0.1, 0.15) is 7.14 Å². The summed E-state index contributed by atoms with van der Waals surface area (Å²) in [6.07, 6.45) is 11.2. The summed E-state index contributed by atoms with van der Waals surface area (Å²) in [6, 6.07) is 32.5. The highest BCUT2D eigenvalue weighted by Gasteiger charge is 2.44. The Morgan fingerprint density at radius 3 is 1.77 bits per heavy atom. The Bertz CT molecular complexity index is 1840. The molecule has 0 aliphatic heterocycles. The highest BCUT2D eigenvalue weighted by molar-refractivity contribution is 7.73. The van der Waals surface area contributed by atoms with Crippen LogP contribution < -0.4 is 5.30 Å². The van der Waals surface area contributed by atoms with E-state index < -0.39 is 7.14 Å². The molecule has 2 fully saturated rings. The van der Waals surface area contributed by atoms with Crippen LogP contribution in [0.2, 0.25) is 0 Å². The minimum atomic E-state index is -2.85. The van der Waals surface area contributed by atoms with E-state index in [1.54, 1.807) is 18.2 Å². The third kappa shape index (κ3) is 5.00. The Balaban J connectivity index is 1.60. The smallest absolute Gasteiger partial charge is 0.270 e. The zero-order valence-corrected chi connectivity index (χ0v) is 25.5. The fourth-order valence-corrected chi connectivity index (χ4v) is 12.5. The first-order valence-corrected chi connectivity index (χ1v) is 17.8. The van der Waals surface area contributed by atoms with Crippen LogP contribution in [0.1, 0.15) is 64.2 Å². The minimum absolute atomic E-state index is 0.0739. The van der Waals surface area contributed by atoms with Gasteiger partial charge >= 0.3 is 0 Å². The molecule has 0 unspecified atom stereocenters. The fraction of sp³-hybridized carbons (Fsp3) is 0.316. The predicted molar refractivity (Wildman–Crippen MR) is 180 cm³/mol. The molecule has 0 saturated heterocycles. The molecule has 2 aliphatic carbocycles. The lowest BCUT2D eigenvalue weighted by Crippen LogP contribution is -2.30. The second-order valence-electron chi connectivity index (χ2n) is 12.5. The number of nitro groups is 1. The van der Waals surface area contributed by atoms with Gasteiger partial charge in [-0.15, -0.1) is 0 Å². The number of benzene rings is 5. The summed E-state index contributed by atoms with van der Waals surface area (Å²) in [5, 5.41) is 17.3. The van der Waals surface area contributed by atoms with Crippen molar-refractivity contribution in [2.75, 3.05) is 0 Å². The number of hydrogen-bond donors (Lipinski definition) is 0. The number of nitro benzene ring substituents is 1. The second kappa shape index (κ2) is 11.7. The summed E-state index contributed by atoms with van der Waals surface area (Å²) in [5.41, 5.74) is 4.34. The molecule has 0 radical (unpaired) electrons. The fourth-order valence-electron chi connectivity index (χ4n) is 8.00. The van der Waals surface area contributed by atoms with Crippen LogP contribution in [-0.4, -0.2) is 16.2 Å². The molecule has 5 aromatic rings. The van der Waals surface area contributed by atoms with Crippen LogP contribution in [0.15, 0.2) is 97.1 Å². The van der Waals surface area contributed by atoms with Crippen molar-refractivity contribution in [1.29, 1.82) is 0 Å². The SMILES string of the molecule is O=[N+]([O-])c1cccc(-c2ccc3ccccc3c2-c2c(P(=O)(C3CCCCC3)C3CCCCC3)ccc3ccccc23)c1. The van der Waals surface area contributed by atoms with Crippen LogP contribution in [0.25, 0.3) is 43.8 Å². The minimum Gasteiger partial charge on any atom is -0.318 e. The molecule has 2 aliphatic rings. The van der Waals surface area contributed by atoms with E-state index in [1.165, 1.54) is 12.8 Å². The summed E-state index contributed by atoms with van der Waals surface area (Å²) in [6.45, 7) is 0. The first-order valence-electron chi connectivity index (χ1n) is 15.9. The molecule has 0 N–H and O–H groups in total. The standard InChI is InChI=1S/C38H38NO3P/c40-39(41)30-15-11-14-29(26-30)35-24-22-27-12-7-9-20-33(27)37(35)38-34-21-10-8-13-28(34)23-25-36(38)43(42,31-16-3-1-4-17-31)32-18-5-2-6-19-32/h7-15,20-26,31-32H,1-6,16-19H2. The van der Waals surface area contributed by atoms with Crippen molar-refractivity contribution < 1.29 is 9.49 Å². The van der Waals surface area contributed by atoms with Gasteiger partial charge in [0.25, 0.3) is 5.69 Å². The Labute approximate surface area is 253 Å². The van der Waals surface area contributed by atoms with Crippen molar-refractivity contribution in [3.63, 3.8) is 0 Å². The lowest BCUT2D eigenvalue weighted by molar-refractivity contribution is -0.384. The van der Waals surface area contributed by atoms with Gasteiger partial charge in [-0.1, -0.05) is 123 Å². The number of fused-ring (bicyclic) bond motifs is 2. The van der Waals surface area contributed by atoms with Crippen LogP contribution in [0.4, 0.5) is 5.69 Å². The highest BCUT2D eigenvalue weighted by atomic mass is 31.2. The van der Waals surface area contributed by atoms with Gasteiger partial charge in [0.2, 0.25) is 0 Å². The summed E-state index contributed by atoms with van der Waals surface area (Å²) in [4.78, 5) is 11.5. The van der Waals surface area contributed by atoms with Gasteiger partial charge in [-0.25, -0.2) is 0 Å². The van der Waals surface area contributed by atoms with E-state index in [2.05, 4.69) is 72.8 Å². The first kappa shape index (κ1) is 28.0. The maximum Gasteiger partial charge on any atom is 0.270 e. The van der Waals surface area contributed by atoms with Crippen LogP contribution in [-0.2, 0) is 4.57 Å². The molecule has 7 rings (SSSR count). The van der Waals surface area contributed by atoms with Gasteiger partial charge in [0.05, 0.1) is 4.92 Å². The van der Waals surface area contributed by atoms with Gasteiger partial charge < -0.3 is 4.57 Å². The Morgan fingerprint density at radius 2 is 1.16 bits per heavy atom. The maximum absolute atomic E-state index is 16.2. The Hall–Kier alpha value is -3.75. The Morgan fingerprint density at radius 1 is 0.605 bits per heavy atom. The summed E-state index contributed by atoms with van der Waals surface area (Å²) < 4.78 is 16.2. The molecule has 43 heavy (non-hydrogen) atoms.